The van der Waals surface area contributed by atoms with E-state index >= 15 is 0 Å². The van der Waals surface area contributed by atoms with Gasteiger partial charge in [-0.2, -0.15) is 5.10 Å². The van der Waals surface area contributed by atoms with Gasteiger partial charge in [-0.25, -0.2) is 0 Å². The summed E-state index contributed by atoms with van der Waals surface area (Å²) in [6.45, 7) is 6.72. The number of nitrogens with zero attached hydrogens (tertiary/aromatic N) is 4. The van der Waals surface area contributed by atoms with Gasteiger partial charge in [0.2, 0.25) is 5.91 Å². The Balaban J connectivity index is 1.46. The first-order valence-electron chi connectivity index (χ1n) is 9.30. The molecule has 7 heteroatoms. The average Bonchev–Trinajstić information content (AvgIpc) is 3.11. The lowest BCUT2D eigenvalue weighted by molar-refractivity contribution is -0.133. The summed E-state index contributed by atoms with van der Waals surface area (Å²) < 4.78 is 12.5. The second kappa shape index (κ2) is 8.90. The van der Waals surface area contributed by atoms with Gasteiger partial charge in [-0.1, -0.05) is 6.07 Å². The number of methoxy groups -OCH3 is 2. The number of hydrogen-bond donors (Lipinski definition) is 0. The molecule has 146 valence electrons. The van der Waals surface area contributed by atoms with Crippen LogP contribution < -0.4 is 9.47 Å². The Morgan fingerprint density at radius 2 is 1.81 bits per heavy atom. The van der Waals surface area contributed by atoms with Crippen molar-refractivity contribution in [2.45, 2.75) is 26.4 Å². The molecule has 7 nitrogen and oxygen atoms in total. The molecule has 3 rings (SSSR count). The molecule has 1 aliphatic rings. The van der Waals surface area contributed by atoms with E-state index in [0.29, 0.717) is 13.0 Å². The van der Waals surface area contributed by atoms with E-state index in [4.69, 9.17) is 9.47 Å². The molecule has 0 radical (unpaired) electrons. The van der Waals surface area contributed by atoms with Gasteiger partial charge in [-0.05, 0) is 30.7 Å². The predicted octanol–water partition coefficient (Wildman–Crippen LogP) is 1.94. The second-order valence-electron chi connectivity index (χ2n) is 6.82. The van der Waals surface area contributed by atoms with Crippen LogP contribution in [0.15, 0.2) is 30.5 Å². The highest BCUT2D eigenvalue weighted by Crippen LogP contribution is 2.28. The number of rotatable bonds is 7. The molecule has 0 unspecified atom stereocenters. The predicted molar refractivity (Wildman–Crippen MR) is 103 cm³/mol. The van der Waals surface area contributed by atoms with Gasteiger partial charge < -0.3 is 14.4 Å². The van der Waals surface area contributed by atoms with Crippen LogP contribution in [0.3, 0.4) is 0 Å². The van der Waals surface area contributed by atoms with Crippen molar-refractivity contribution in [3.8, 4) is 11.5 Å². The smallest absolute Gasteiger partial charge is 0.224 e. The molecule has 2 aromatic rings. The summed E-state index contributed by atoms with van der Waals surface area (Å²) in [5.74, 6) is 1.69. The normalized spacial score (nSPS) is 15.0. The highest BCUT2D eigenvalue weighted by Gasteiger charge is 2.21. The van der Waals surface area contributed by atoms with E-state index in [9.17, 15) is 4.79 Å². The molecule has 0 spiro atoms. The minimum atomic E-state index is 0.203. The van der Waals surface area contributed by atoms with Crippen LogP contribution in [-0.2, 0) is 17.9 Å². The Kier molecular flexibility index (Phi) is 6.34. The SMILES string of the molecule is COc1ccc(CN2CCN(C(=O)CCn3ccc(C)n3)CC2)cc1OC. The third-order valence-corrected chi connectivity index (χ3v) is 4.91. The molecule has 2 heterocycles. The number of carbonyl (C=O) groups excluding carboxylic acids is 1. The summed E-state index contributed by atoms with van der Waals surface area (Å²) in [5, 5.41) is 4.33. The molecule has 0 saturated carbocycles. The minimum absolute atomic E-state index is 0.203. The van der Waals surface area contributed by atoms with Crippen LogP contribution in [0.5, 0.6) is 11.5 Å². The Bertz CT molecular complexity index is 766. The van der Waals surface area contributed by atoms with Crippen molar-refractivity contribution >= 4 is 5.91 Å². The van der Waals surface area contributed by atoms with E-state index < -0.39 is 0 Å². The number of hydrogen-bond acceptors (Lipinski definition) is 5. The first-order valence-corrected chi connectivity index (χ1v) is 9.30. The molecule has 0 N–H and O–H groups in total. The maximum Gasteiger partial charge on any atom is 0.224 e. The van der Waals surface area contributed by atoms with Crippen LogP contribution in [0.2, 0.25) is 0 Å². The van der Waals surface area contributed by atoms with Gasteiger partial charge in [0.1, 0.15) is 0 Å². The van der Waals surface area contributed by atoms with Crippen molar-refractivity contribution < 1.29 is 14.3 Å². The van der Waals surface area contributed by atoms with E-state index in [1.165, 1.54) is 5.56 Å². The maximum atomic E-state index is 12.4. The van der Waals surface area contributed by atoms with E-state index in [-0.39, 0.29) is 5.91 Å². The molecular formula is C20H28N4O3. The Morgan fingerprint density at radius 3 is 2.44 bits per heavy atom. The van der Waals surface area contributed by atoms with Gasteiger partial charge in [0.15, 0.2) is 11.5 Å². The van der Waals surface area contributed by atoms with Gasteiger partial charge >= 0.3 is 0 Å². The minimum Gasteiger partial charge on any atom is -0.493 e. The summed E-state index contributed by atoms with van der Waals surface area (Å²) in [7, 11) is 3.29. The van der Waals surface area contributed by atoms with Crippen LogP contribution in [-0.4, -0.2) is 65.9 Å². The van der Waals surface area contributed by atoms with E-state index in [1.54, 1.807) is 14.2 Å². The second-order valence-corrected chi connectivity index (χ2v) is 6.82. The number of aryl methyl sites for hydroxylation is 2. The lowest BCUT2D eigenvalue weighted by atomic mass is 10.1. The summed E-state index contributed by atoms with van der Waals surface area (Å²) in [5.41, 5.74) is 2.16. The van der Waals surface area contributed by atoms with Gasteiger partial charge in [0.25, 0.3) is 0 Å². The van der Waals surface area contributed by atoms with Crippen LogP contribution in [0.1, 0.15) is 17.7 Å². The third-order valence-electron chi connectivity index (χ3n) is 4.91. The zero-order valence-corrected chi connectivity index (χ0v) is 16.4. The van der Waals surface area contributed by atoms with Crippen LogP contribution in [0.4, 0.5) is 0 Å². The van der Waals surface area contributed by atoms with Crippen LogP contribution >= 0.6 is 0 Å². The quantitative estimate of drug-likeness (QED) is 0.743. The fourth-order valence-corrected chi connectivity index (χ4v) is 3.35. The molecular weight excluding hydrogens is 344 g/mol. The van der Waals surface area contributed by atoms with Crippen LogP contribution in [0, 0.1) is 6.92 Å². The molecule has 1 aromatic heterocycles. The zero-order valence-electron chi connectivity index (χ0n) is 16.4. The molecule has 1 fully saturated rings. The van der Waals surface area contributed by atoms with Crippen molar-refractivity contribution in [2.75, 3.05) is 40.4 Å². The Morgan fingerprint density at radius 1 is 1.07 bits per heavy atom. The summed E-state index contributed by atoms with van der Waals surface area (Å²) >= 11 is 0. The Labute approximate surface area is 160 Å². The number of carbonyl (C=O) groups is 1. The molecule has 1 aromatic carbocycles. The van der Waals surface area contributed by atoms with Crippen molar-refractivity contribution in [2.24, 2.45) is 0 Å². The van der Waals surface area contributed by atoms with Gasteiger partial charge in [-0.3, -0.25) is 14.4 Å². The third kappa shape index (κ3) is 5.01. The van der Waals surface area contributed by atoms with E-state index in [0.717, 1.165) is 49.9 Å². The number of ether oxygens (including phenoxy) is 2. The molecule has 1 aliphatic heterocycles. The van der Waals surface area contributed by atoms with Crippen LogP contribution in [0.25, 0.3) is 0 Å². The van der Waals surface area contributed by atoms with E-state index in [1.807, 2.05) is 40.9 Å². The van der Waals surface area contributed by atoms with Gasteiger partial charge in [0.05, 0.1) is 19.9 Å². The molecule has 0 aliphatic carbocycles. The van der Waals surface area contributed by atoms with Gasteiger partial charge in [-0.15, -0.1) is 0 Å². The van der Waals surface area contributed by atoms with Gasteiger partial charge in [0, 0.05) is 51.9 Å². The number of amides is 1. The fraction of sp³-hybridized carbons (Fsp3) is 0.500. The lowest BCUT2D eigenvalue weighted by Gasteiger charge is -2.35. The zero-order chi connectivity index (χ0) is 19.2. The van der Waals surface area contributed by atoms with Crippen molar-refractivity contribution in [3.63, 3.8) is 0 Å². The standard InChI is InChI=1S/C20H28N4O3/c1-16-6-8-24(21-16)9-7-20(25)23-12-10-22(11-13-23)15-17-4-5-18(26-2)19(14-17)27-3/h4-6,8,14H,7,9-13,15H2,1-3H3. The maximum absolute atomic E-state index is 12.4. The monoisotopic (exact) mass is 372 g/mol. The molecule has 1 saturated heterocycles. The highest BCUT2D eigenvalue weighted by atomic mass is 16.5. The molecule has 0 atom stereocenters. The van der Waals surface area contributed by atoms with E-state index in [2.05, 4.69) is 16.1 Å². The summed E-state index contributed by atoms with van der Waals surface area (Å²) in [4.78, 5) is 16.8. The largest absolute Gasteiger partial charge is 0.493 e. The Hall–Kier alpha value is -2.54. The van der Waals surface area contributed by atoms with Crippen molar-refractivity contribution in [3.05, 3.63) is 41.7 Å². The van der Waals surface area contributed by atoms with Crippen molar-refractivity contribution in [1.82, 2.24) is 19.6 Å². The highest BCUT2D eigenvalue weighted by molar-refractivity contribution is 5.76. The molecule has 27 heavy (non-hydrogen) atoms. The first-order chi connectivity index (χ1) is 13.1. The first kappa shape index (κ1) is 19.2. The van der Waals surface area contributed by atoms with Crippen molar-refractivity contribution in [1.29, 1.82) is 0 Å². The summed E-state index contributed by atoms with van der Waals surface area (Å²) in [6, 6.07) is 7.97. The molecule has 1 amide bonds. The number of aromatic nitrogens is 2. The fourth-order valence-electron chi connectivity index (χ4n) is 3.35. The lowest BCUT2D eigenvalue weighted by Crippen LogP contribution is -2.48. The average molecular weight is 372 g/mol. The molecule has 0 bridgehead atoms. The topological polar surface area (TPSA) is 59.8 Å². The number of benzene rings is 1. The summed E-state index contributed by atoms with van der Waals surface area (Å²) in [6.07, 6.45) is 2.42. The number of piperazine rings is 1.